The number of carbonyl (C=O) groups excluding carboxylic acids is 1. The van der Waals surface area contributed by atoms with Crippen LogP contribution in [0.5, 0.6) is 0 Å². The van der Waals surface area contributed by atoms with Gasteiger partial charge in [-0.15, -0.1) is 0 Å². The van der Waals surface area contributed by atoms with Crippen molar-refractivity contribution < 1.29 is 13.2 Å². The SMILES string of the molecule is CCNc1ncc(S(=O)(=O)N2CCCNC(=O)C2)cn1. The fraction of sp³-hybridized carbons (Fsp3) is 0.545. The Morgan fingerprint density at radius 2 is 2.10 bits per heavy atom. The quantitative estimate of drug-likeness (QED) is 0.771. The van der Waals surface area contributed by atoms with Crippen molar-refractivity contribution >= 4 is 21.9 Å². The highest BCUT2D eigenvalue weighted by molar-refractivity contribution is 7.89. The summed E-state index contributed by atoms with van der Waals surface area (Å²) in [5.74, 6) is 0.0799. The Morgan fingerprint density at radius 3 is 2.75 bits per heavy atom. The fourth-order valence-electron chi connectivity index (χ4n) is 1.83. The van der Waals surface area contributed by atoms with E-state index in [1.54, 1.807) is 0 Å². The molecule has 2 heterocycles. The van der Waals surface area contributed by atoms with E-state index >= 15 is 0 Å². The maximum Gasteiger partial charge on any atom is 0.246 e. The summed E-state index contributed by atoms with van der Waals surface area (Å²) in [7, 11) is -3.73. The second-order valence-electron chi connectivity index (χ2n) is 4.31. The number of carbonyl (C=O) groups is 1. The maximum atomic E-state index is 12.4. The van der Waals surface area contributed by atoms with E-state index in [1.807, 2.05) is 6.92 Å². The molecule has 0 aliphatic carbocycles. The first kappa shape index (κ1) is 14.7. The number of amides is 1. The summed E-state index contributed by atoms with van der Waals surface area (Å²) in [6.07, 6.45) is 3.09. The largest absolute Gasteiger partial charge is 0.355 e. The summed E-state index contributed by atoms with van der Waals surface area (Å²) in [5, 5.41) is 5.53. The molecule has 0 spiro atoms. The van der Waals surface area contributed by atoms with Gasteiger partial charge in [-0.3, -0.25) is 4.79 Å². The lowest BCUT2D eigenvalue weighted by Crippen LogP contribution is -2.37. The monoisotopic (exact) mass is 299 g/mol. The Morgan fingerprint density at radius 1 is 1.40 bits per heavy atom. The number of anilines is 1. The van der Waals surface area contributed by atoms with Crippen molar-refractivity contribution in [2.45, 2.75) is 18.2 Å². The minimum atomic E-state index is -3.73. The third-order valence-electron chi connectivity index (χ3n) is 2.83. The Hall–Kier alpha value is -1.74. The zero-order valence-corrected chi connectivity index (χ0v) is 12.0. The van der Waals surface area contributed by atoms with Gasteiger partial charge in [-0.05, 0) is 13.3 Å². The number of rotatable bonds is 4. The van der Waals surface area contributed by atoms with E-state index in [0.29, 0.717) is 32.0 Å². The highest BCUT2D eigenvalue weighted by Crippen LogP contribution is 2.15. The molecule has 1 aliphatic rings. The molecule has 2 rings (SSSR count). The van der Waals surface area contributed by atoms with Crippen molar-refractivity contribution in [3.63, 3.8) is 0 Å². The molecule has 1 aromatic rings. The van der Waals surface area contributed by atoms with Gasteiger partial charge in [0, 0.05) is 19.6 Å². The molecule has 1 saturated heterocycles. The number of sulfonamides is 1. The van der Waals surface area contributed by atoms with Gasteiger partial charge < -0.3 is 10.6 Å². The second-order valence-corrected chi connectivity index (χ2v) is 6.25. The molecule has 9 heteroatoms. The Balaban J connectivity index is 2.22. The van der Waals surface area contributed by atoms with E-state index in [-0.39, 0.29) is 17.3 Å². The van der Waals surface area contributed by atoms with E-state index in [4.69, 9.17) is 0 Å². The predicted octanol–water partition coefficient (Wildman–Crippen LogP) is -0.581. The molecule has 1 fully saturated rings. The second kappa shape index (κ2) is 6.14. The molecule has 0 aromatic carbocycles. The van der Waals surface area contributed by atoms with Crippen LogP contribution in [0.15, 0.2) is 17.3 Å². The molecule has 0 saturated carbocycles. The van der Waals surface area contributed by atoms with Gasteiger partial charge in [-0.1, -0.05) is 0 Å². The average molecular weight is 299 g/mol. The van der Waals surface area contributed by atoms with Crippen LogP contribution in [0.1, 0.15) is 13.3 Å². The van der Waals surface area contributed by atoms with Gasteiger partial charge in [0.25, 0.3) is 0 Å². The zero-order valence-electron chi connectivity index (χ0n) is 11.2. The minimum Gasteiger partial charge on any atom is -0.355 e. The first-order chi connectivity index (χ1) is 9.54. The molecule has 1 amide bonds. The zero-order chi connectivity index (χ0) is 14.6. The molecule has 20 heavy (non-hydrogen) atoms. The van der Waals surface area contributed by atoms with E-state index in [1.165, 1.54) is 12.4 Å². The van der Waals surface area contributed by atoms with Crippen LogP contribution in [0.3, 0.4) is 0 Å². The van der Waals surface area contributed by atoms with E-state index < -0.39 is 10.0 Å². The Labute approximate surface area is 117 Å². The van der Waals surface area contributed by atoms with Gasteiger partial charge in [0.15, 0.2) is 0 Å². The number of nitrogens with one attached hydrogen (secondary N) is 2. The van der Waals surface area contributed by atoms with Crippen molar-refractivity contribution in [3.8, 4) is 0 Å². The van der Waals surface area contributed by atoms with Crippen LogP contribution in [0.25, 0.3) is 0 Å². The molecule has 0 bridgehead atoms. The summed E-state index contributed by atoms with van der Waals surface area (Å²) in [6.45, 7) is 3.16. The lowest BCUT2D eigenvalue weighted by atomic mass is 10.4. The van der Waals surface area contributed by atoms with Crippen molar-refractivity contribution in [2.24, 2.45) is 0 Å². The summed E-state index contributed by atoms with van der Waals surface area (Å²) < 4.78 is 26.0. The molecule has 0 radical (unpaired) electrons. The van der Waals surface area contributed by atoms with Crippen molar-refractivity contribution in [1.29, 1.82) is 0 Å². The molecule has 1 aliphatic heterocycles. The summed E-state index contributed by atoms with van der Waals surface area (Å²) in [4.78, 5) is 19.3. The van der Waals surface area contributed by atoms with Crippen LogP contribution in [0.4, 0.5) is 5.95 Å². The predicted molar refractivity (Wildman–Crippen MR) is 72.6 cm³/mol. The lowest BCUT2D eigenvalue weighted by Gasteiger charge is -2.18. The van der Waals surface area contributed by atoms with E-state index in [0.717, 1.165) is 4.31 Å². The smallest absolute Gasteiger partial charge is 0.246 e. The number of aromatic nitrogens is 2. The van der Waals surface area contributed by atoms with Gasteiger partial charge >= 0.3 is 0 Å². The van der Waals surface area contributed by atoms with Gasteiger partial charge in [0.2, 0.25) is 21.9 Å². The highest BCUT2D eigenvalue weighted by Gasteiger charge is 2.28. The highest BCUT2D eigenvalue weighted by atomic mass is 32.2. The van der Waals surface area contributed by atoms with Crippen molar-refractivity contribution in [3.05, 3.63) is 12.4 Å². The molecule has 0 unspecified atom stereocenters. The maximum absolute atomic E-state index is 12.4. The molecular formula is C11H17N5O3S. The molecule has 8 nitrogen and oxygen atoms in total. The van der Waals surface area contributed by atoms with Gasteiger partial charge in [0.05, 0.1) is 18.9 Å². The van der Waals surface area contributed by atoms with Crippen molar-refractivity contribution in [2.75, 3.05) is 31.5 Å². The Kier molecular flexibility index (Phi) is 4.50. The van der Waals surface area contributed by atoms with Crippen molar-refractivity contribution in [1.82, 2.24) is 19.6 Å². The van der Waals surface area contributed by atoms with Crippen LogP contribution in [-0.2, 0) is 14.8 Å². The third-order valence-corrected chi connectivity index (χ3v) is 4.63. The molecule has 2 N–H and O–H groups in total. The number of hydrogen-bond acceptors (Lipinski definition) is 6. The van der Waals surface area contributed by atoms with Crippen LogP contribution in [0.2, 0.25) is 0 Å². The topological polar surface area (TPSA) is 104 Å². The fourth-order valence-corrected chi connectivity index (χ4v) is 3.16. The first-order valence-corrected chi connectivity index (χ1v) is 7.81. The summed E-state index contributed by atoms with van der Waals surface area (Å²) >= 11 is 0. The van der Waals surface area contributed by atoms with E-state index in [2.05, 4.69) is 20.6 Å². The lowest BCUT2D eigenvalue weighted by molar-refractivity contribution is -0.120. The van der Waals surface area contributed by atoms with E-state index in [9.17, 15) is 13.2 Å². The molecule has 110 valence electrons. The minimum absolute atomic E-state index is 0.00569. The van der Waals surface area contributed by atoms with Crippen LogP contribution in [0, 0.1) is 0 Å². The van der Waals surface area contributed by atoms with Crippen LogP contribution >= 0.6 is 0 Å². The van der Waals surface area contributed by atoms with Gasteiger partial charge in [0.1, 0.15) is 4.90 Å². The van der Waals surface area contributed by atoms with Gasteiger partial charge in [-0.2, -0.15) is 4.31 Å². The standard InChI is InChI=1S/C11H17N5O3S/c1-2-12-11-14-6-9(7-15-11)20(18,19)16-5-3-4-13-10(17)8-16/h6-7H,2-5,8H2,1H3,(H,13,17)(H,12,14,15). The third kappa shape index (κ3) is 3.23. The first-order valence-electron chi connectivity index (χ1n) is 6.37. The molecule has 0 atom stereocenters. The number of hydrogen-bond donors (Lipinski definition) is 2. The van der Waals surface area contributed by atoms with Gasteiger partial charge in [-0.25, -0.2) is 18.4 Å². The molecular weight excluding hydrogens is 282 g/mol. The number of nitrogens with zero attached hydrogens (tertiary/aromatic N) is 3. The molecule has 1 aromatic heterocycles. The average Bonchev–Trinajstić information content (AvgIpc) is 2.65. The van der Waals surface area contributed by atoms with Crippen LogP contribution < -0.4 is 10.6 Å². The summed E-state index contributed by atoms with van der Waals surface area (Å²) in [5.41, 5.74) is 0. The normalized spacial score (nSPS) is 17.4. The van der Waals surface area contributed by atoms with Crippen LogP contribution in [-0.4, -0.2) is 54.8 Å². The summed E-state index contributed by atoms with van der Waals surface area (Å²) in [6, 6.07) is 0. The Bertz CT molecular complexity index is 572.